The van der Waals surface area contributed by atoms with Crippen molar-refractivity contribution in [2.45, 2.75) is 5.75 Å². The summed E-state index contributed by atoms with van der Waals surface area (Å²) in [6, 6.07) is 3.70. The Bertz CT molecular complexity index is 257. The van der Waals surface area contributed by atoms with Gasteiger partial charge in [0.1, 0.15) is 0 Å². The van der Waals surface area contributed by atoms with Crippen LogP contribution in [0, 0.1) is 0 Å². The first-order valence-corrected chi connectivity index (χ1v) is 5.12. The minimum atomic E-state index is 0.208. The maximum atomic E-state index is 8.57. The van der Waals surface area contributed by atoms with Crippen LogP contribution in [0.5, 0.6) is 0 Å². The molecule has 0 radical (unpaired) electrons. The second-order valence-corrected chi connectivity index (χ2v) is 3.56. The maximum absolute atomic E-state index is 8.57. The second kappa shape index (κ2) is 5.80. The number of rotatable bonds is 5. The number of aliphatic hydroxyl groups excluding tert-OH is 1. The van der Waals surface area contributed by atoms with E-state index in [0.717, 1.165) is 22.9 Å². The molecule has 13 heavy (non-hydrogen) atoms. The van der Waals surface area contributed by atoms with E-state index >= 15 is 0 Å². The number of nitrogens with one attached hydrogen (secondary N) is 1. The van der Waals surface area contributed by atoms with Gasteiger partial charge < -0.3 is 10.5 Å². The predicted molar refractivity (Wildman–Crippen MR) is 55.3 cm³/mol. The largest absolute Gasteiger partial charge is 0.396 e. The summed E-state index contributed by atoms with van der Waals surface area (Å²) in [5.74, 6) is 6.79. The molecule has 0 saturated carbocycles. The van der Waals surface area contributed by atoms with Crippen LogP contribution in [-0.4, -0.2) is 22.5 Å². The topological polar surface area (TPSA) is 71.2 Å². The van der Waals surface area contributed by atoms with Crippen molar-refractivity contribution in [3.05, 3.63) is 24.0 Å². The van der Waals surface area contributed by atoms with E-state index in [-0.39, 0.29) is 6.61 Å². The van der Waals surface area contributed by atoms with Gasteiger partial charge in [-0.15, -0.1) is 0 Å². The van der Waals surface area contributed by atoms with Crippen LogP contribution in [0.15, 0.2) is 18.3 Å². The first-order chi connectivity index (χ1) is 6.36. The number of hydrazine groups is 1. The second-order valence-electron chi connectivity index (χ2n) is 2.46. The highest BCUT2D eigenvalue weighted by atomic mass is 32.2. The molecule has 1 aromatic heterocycles. The van der Waals surface area contributed by atoms with Crippen LogP contribution in [0.1, 0.15) is 5.69 Å². The van der Waals surface area contributed by atoms with E-state index in [1.807, 2.05) is 6.07 Å². The summed E-state index contributed by atoms with van der Waals surface area (Å²) in [6.07, 6.45) is 1.71. The lowest BCUT2D eigenvalue weighted by atomic mass is 10.3. The first-order valence-electron chi connectivity index (χ1n) is 3.97. The number of hydrogen-bond acceptors (Lipinski definition) is 5. The van der Waals surface area contributed by atoms with E-state index in [9.17, 15) is 0 Å². The van der Waals surface area contributed by atoms with Crippen molar-refractivity contribution >= 4 is 17.4 Å². The van der Waals surface area contributed by atoms with Crippen LogP contribution in [0.4, 0.5) is 5.69 Å². The predicted octanol–water partition coefficient (Wildman–Crippen LogP) is 0.593. The Balaban J connectivity index is 2.46. The van der Waals surface area contributed by atoms with Gasteiger partial charge in [-0.05, 0) is 12.1 Å². The van der Waals surface area contributed by atoms with E-state index in [0.29, 0.717) is 0 Å². The van der Waals surface area contributed by atoms with Gasteiger partial charge in [0.2, 0.25) is 0 Å². The number of pyridine rings is 1. The standard InChI is InChI=1S/C8H13N3OS/c9-11-7-1-2-10-8(5-7)6-13-4-3-12/h1-2,5,12H,3-4,6,9H2,(H,10,11). The van der Waals surface area contributed by atoms with Gasteiger partial charge in [0.05, 0.1) is 18.0 Å². The quantitative estimate of drug-likeness (QED) is 0.368. The summed E-state index contributed by atoms with van der Waals surface area (Å²) in [4.78, 5) is 4.16. The van der Waals surface area contributed by atoms with Crippen molar-refractivity contribution in [3.63, 3.8) is 0 Å². The molecular weight excluding hydrogens is 186 g/mol. The molecule has 0 aliphatic heterocycles. The van der Waals surface area contributed by atoms with Gasteiger partial charge in [0, 0.05) is 17.7 Å². The average molecular weight is 199 g/mol. The molecule has 0 saturated heterocycles. The molecule has 0 fully saturated rings. The third-order valence-corrected chi connectivity index (χ3v) is 2.44. The number of hydrogen-bond donors (Lipinski definition) is 3. The Morgan fingerprint density at radius 2 is 2.46 bits per heavy atom. The summed E-state index contributed by atoms with van der Waals surface area (Å²) < 4.78 is 0. The zero-order chi connectivity index (χ0) is 9.52. The molecule has 0 aliphatic rings. The van der Waals surface area contributed by atoms with E-state index in [4.69, 9.17) is 10.9 Å². The van der Waals surface area contributed by atoms with E-state index in [2.05, 4.69) is 10.4 Å². The zero-order valence-corrected chi connectivity index (χ0v) is 8.05. The highest BCUT2D eigenvalue weighted by Crippen LogP contribution is 2.12. The third-order valence-electron chi connectivity index (χ3n) is 1.47. The SMILES string of the molecule is NNc1ccnc(CSCCO)c1. The minimum Gasteiger partial charge on any atom is -0.396 e. The van der Waals surface area contributed by atoms with Crippen molar-refractivity contribution in [3.8, 4) is 0 Å². The molecule has 0 atom stereocenters. The Morgan fingerprint density at radius 1 is 1.62 bits per heavy atom. The molecule has 0 aromatic carbocycles. The van der Waals surface area contributed by atoms with Crippen LogP contribution in [0.3, 0.4) is 0 Å². The van der Waals surface area contributed by atoms with Crippen molar-refractivity contribution in [2.24, 2.45) is 5.84 Å². The Labute approximate surface area is 81.5 Å². The first kappa shape index (κ1) is 10.3. The number of nitrogens with zero attached hydrogens (tertiary/aromatic N) is 1. The lowest BCUT2D eigenvalue weighted by Gasteiger charge is -2.02. The molecule has 1 heterocycles. The monoisotopic (exact) mass is 199 g/mol. The lowest BCUT2D eigenvalue weighted by molar-refractivity contribution is 0.322. The molecule has 0 bridgehead atoms. The smallest absolute Gasteiger partial charge is 0.0523 e. The number of thioether (sulfide) groups is 1. The summed E-state index contributed by atoms with van der Waals surface area (Å²) in [7, 11) is 0. The molecule has 0 amide bonds. The molecular formula is C8H13N3OS. The number of anilines is 1. The molecule has 4 nitrogen and oxygen atoms in total. The van der Waals surface area contributed by atoms with Crippen LogP contribution >= 0.6 is 11.8 Å². The normalized spacial score (nSPS) is 10.0. The Morgan fingerprint density at radius 3 is 3.15 bits per heavy atom. The summed E-state index contributed by atoms with van der Waals surface area (Å²) in [5, 5.41) is 8.57. The number of nitrogen functional groups attached to an aromatic ring is 1. The fourth-order valence-electron chi connectivity index (χ4n) is 0.888. The van der Waals surface area contributed by atoms with Gasteiger partial charge >= 0.3 is 0 Å². The molecule has 1 aromatic rings. The fraction of sp³-hybridized carbons (Fsp3) is 0.375. The van der Waals surface area contributed by atoms with Crippen molar-refractivity contribution < 1.29 is 5.11 Å². The molecule has 4 N–H and O–H groups in total. The molecule has 1 rings (SSSR count). The minimum absolute atomic E-state index is 0.208. The Hall–Kier alpha value is -0.780. The molecule has 0 aliphatic carbocycles. The summed E-state index contributed by atoms with van der Waals surface area (Å²) >= 11 is 1.64. The van der Waals surface area contributed by atoms with Crippen LogP contribution < -0.4 is 11.3 Å². The summed E-state index contributed by atoms with van der Waals surface area (Å²) in [5.41, 5.74) is 4.38. The number of aliphatic hydroxyl groups is 1. The summed E-state index contributed by atoms with van der Waals surface area (Å²) in [6.45, 7) is 0.208. The highest BCUT2D eigenvalue weighted by molar-refractivity contribution is 7.98. The average Bonchev–Trinajstić information content (AvgIpc) is 2.19. The highest BCUT2D eigenvalue weighted by Gasteiger charge is 1.95. The van der Waals surface area contributed by atoms with Crippen LogP contribution in [0.2, 0.25) is 0 Å². The number of nitrogens with two attached hydrogens (primary N) is 1. The molecule has 0 spiro atoms. The van der Waals surface area contributed by atoms with Crippen LogP contribution in [0.25, 0.3) is 0 Å². The van der Waals surface area contributed by atoms with Gasteiger partial charge in [0.15, 0.2) is 0 Å². The zero-order valence-electron chi connectivity index (χ0n) is 7.23. The molecule has 72 valence electrons. The Kier molecular flexibility index (Phi) is 4.59. The lowest BCUT2D eigenvalue weighted by Crippen LogP contribution is -2.07. The third kappa shape index (κ3) is 3.63. The number of aromatic nitrogens is 1. The van der Waals surface area contributed by atoms with Gasteiger partial charge in [-0.25, -0.2) is 0 Å². The maximum Gasteiger partial charge on any atom is 0.0523 e. The van der Waals surface area contributed by atoms with Gasteiger partial charge in [-0.2, -0.15) is 11.8 Å². The van der Waals surface area contributed by atoms with Gasteiger partial charge in [0.25, 0.3) is 0 Å². The van der Waals surface area contributed by atoms with Crippen molar-refractivity contribution in [1.29, 1.82) is 0 Å². The molecule has 0 unspecified atom stereocenters. The molecule has 5 heteroatoms. The van der Waals surface area contributed by atoms with Gasteiger partial charge in [-0.1, -0.05) is 0 Å². The van der Waals surface area contributed by atoms with E-state index in [1.165, 1.54) is 0 Å². The van der Waals surface area contributed by atoms with Crippen LogP contribution in [-0.2, 0) is 5.75 Å². The van der Waals surface area contributed by atoms with E-state index in [1.54, 1.807) is 24.0 Å². The van der Waals surface area contributed by atoms with Gasteiger partial charge in [-0.3, -0.25) is 10.8 Å². The fourth-order valence-corrected chi connectivity index (χ4v) is 1.53. The van der Waals surface area contributed by atoms with E-state index < -0.39 is 0 Å². The van der Waals surface area contributed by atoms with Crippen molar-refractivity contribution in [2.75, 3.05) is 17.8 Å². The van der Waals surface area contributed by atoms with Crippen molar-refractivity contribution in [1.82, 2.24) is 4.98 Å².